The van der Waals surface area contributed by atoms with Crippen LogP contribution in [0.3, 0.4) is 0 Å². The smallest absolute Gasteiger partial charge is 0.129 e. The average Bonchev–Trinajstić information content (AvgIpc) is 2.97. The molecule has 0 aliphatic rings. The van der Waals surface area contributed by atoms with Gasteiger partial charge in [-0.15, -0.1) is 0 Å². The lowest BCUT2D eigenvalue weighted by atomic mass is 10.3. The highest BCUT2D eigenvalue weighted by atomic mass is 35.5. The van der Waals surface area contributed by atoms with Gasteiger partial charge in [0.15, 0.2) is 0 Å². The molecule has 20 heavy (non-hydrogen) atoms. The molecular weight excluding hydrogens is 272 g/mol. The van der Waals surface area contributed by atoms with E-state index in [1.54, 1.807) is 12.3 Å². The lowest BCUT2D eigenvalue weighted by Crippen LogP contribution is -2.02. The molecule has 1 aromatic carbocycles. The van der Waals surface area contributed by atoms with Crippen molar-refractivity contribution in [3.05, 3.63) is 71.8 Å². The predicted molar refractivity (Wildman–Crippen MR) is 80.1 cm³/mol. The maximum absolute atomic E-state index is 5.75. The van der Waals surface area contributed by atoms with Crippen LogP contribution in [0, 0.1) is 0 Å². The molecule has 2 heterocycles. The SMILES string of the molecule is Clc1ccc(NCc2ccn(-c3ccccc3)n2)cn1. The first-order valence-electron chi connectivity index (χ1n) is 6.27. The number of anilines is 1. The summed E-state index contributed by atoms with van der Waals surface area (Å²) in [4.78, 5) is 4.02. The minimum atomic E-state index is 0.490. The Morgan fingerprint density at radius 1 is 1.05 bits per heavy atom. The van der Waals surface area contributed by atoms with Crippen LogP contribution < -0.4 is 5.32 Å². The molecule has 3 rings (SSSR count). The number of benzene rings is 1. The Morgan fingerprint density at radius 3 is 2.65 bits per heavy atom. The molecule has 0 aliphatic carbocycles. The summed E-state index contributed by atoms with van der Waals surface area (Å²) in [5.74, 6) is 0. The van der Waals surface area contributed by atoms with Crippen LogP contribution in [0.4, 0.5) is 5.69 Å². The van der Waals surface area contributed by atoms with Crippen molar-refractivity contribution < 1.29 is 0 Å². The Bertz CT molecular complexity index is 677. The second kappa shape index (κ2) is 5.75. The monoisotopic (exact) mass is 284 g/mol. The third kappa shape index (κ3) is 2.97. The van der Waals surface area contributed by atoms with Crippen LogP contribution in [0.5, 0.6) is 0 Å². The van der Waals surface area contributed by atoms with Gasteiger partial charge < -0.3 is 5.32 Å². The molecule has 0 radical (unpaired) electrons. The molecule has 5 heteroatoms. The quantitative estimate of drug-likeness (QED) is 0.745. The number of para-hydroxylation sites is 1. The maximum atomic E-state index is 5.75. The van der Waals surface area contributed by atoms with Crippen LogP contribution in [0.15, 0.2) is 60.9 Å². The van der Waals surface area contributed by atoms with Gasteiger partial charge in [-0.1, -0.05) is 29.8 Å². The fraction of sp³-hybridized carbons (Fsp3) is 0.0667. The van der Waals surface area contributed by atoms with Crippen molar-refractivity contribution in [3.63, 3.8) is 0 Å². The minimum Gasteiger partial charge on any atom is -0.378 e. The van der Waals surface area contributed by atoms with Gasteiger partial charge in [-0.3, -0.25) is 0 Å². The van der Waals surface area contributed by atoms with Crippen LogP contribution in [0.2, 0.25) is 5.15 Å². The van der Waals surface area contributed by atoms with Gasteiger partial charge in [-0.2, -0.15) is 5.10 Å². The molecule has 0 fully saturated rings. The number of nitrogens with zero attached hydrogens (tertiary/aromatic N) is 3. The van der Waals surface area contributed by atoms with E-state index in [9.17, 15) is 0 Å². The van der Waals surface area contributed by atoms with E-state index in [0.717, 1.165) is 17.1 Å². The normalized spacial score (nSPS) is 10.4. The zero-order valence-electron chi connectivity index (χ0n) is 10.7. The number of nitrogens with one attached hydrogen (secondary N) is 1. The van der Waals surface area contributed by atoms with Gasteiger partial charge >= 0.3 is 0 Å². The average molecular weight is 285 g/mol. The molecule has 1 N–H and O–H groups in total. The number of halogens is 1. The van der Waals surface area contributed by atoms with Gasteiger partial charge in [0.25, 0.3) is 0 Å². The first-order chi connectivity index (χ1) is 9.81. The van der Waals surface area contributed by atoms with Crippen LogP contribution >= 0.6 is 11.6 Å². The first-order valence-corrected chi connectivity index (χ1v) is 6.64. The van der Waals surface area contributed by atoms with Crippen molar-refractivity contribution in [2.45, 2.75) is 6.54 Å². The summed E-state index contributed by atoms with van der Waals surface area (Å²) in [5, 5.41) is 8.27. The molecule has 2 aromatic heterocycles. The third-order valence-corrected chi connectivity index (χ3v) is 3.09. The summed E-state index contributed by atoms with van der Waals surface area (Å²) in [7, 11) is 0. The Labute approximate surface area is 122 Å². The zero-order valence-corrected chi connectivity index (χ0v) is 11.5. The Hall–Kier alpha value is -2.33. The number of pyridine rings is 1. The fourth-order valence-electron chi connectivity index (χ4n) is 1.85. The highest BCUT2D eigenvalue weighted by Gasteiger charge is 2.01. The Balaban J connectivity index is 1.67. The van der Waals surface area contributed by atoms with Gasteiger partial charge in [0.05, 0.1) is 29.8 Å². The summed E-state index contributed by atoms with van der Waals surface area (Å²) in [6.45, 7) is 0.642. The van der Waals surface area contributed by atoms with Gasteiger partial charge in [-0.25, -0.2) is 9.67 Å². The molecule has 100 valence electrons. The summed E-state index contributed by atoms with van der Waals surface area (Å²) >= 11 is 5.75. The standard InChI is InChI=1S/C15H13ClN4/c16-15-7-6-12(10-18-15)17-11-13-8-9-20(19-13)14-4-2-1-3-5-14/h1-10,17H,11H2. The van der Waals surface area contributed by atoms with Gasteiger partial charge in [0, 0.05) is 6.20 Å². The number of hydrogen-bond donors (Lipinski definition) is 1. The van der Waals surface area contributed by atoms with Crippen molar-refractivity contribution >= 4 is 17.3 Å². The van der Waals surface area contributed by atoms with E-state index in [0.29, 0.717) is 11.7 Å². The lowest BCUT2D eigenvalue weighted by molar-refractivity contribution is 0.844. The van der Waals surface area contributed by atoms with Gasteiger partial charge in [-0.05, 0) is 30.3 Å². The van der Waals surface area contributed by atoms with Gasteiger partial charge in [0.2, 0.25) is 0 Å². The second-order valence-electron chi connectivity index (χ2n) is 4.31. The van der Waals surface area contributed by atoms with E-state index in [-0.39, 0.29) is 0 Å². The summed E-state index contributed by atoms with van der Waals surface area (Å²) in [5.41, 5.74) is 2.93. The highest BCUT2D eigenvalue weighted by Crippen LogP contribution is 2.11. The first kappa shape index (κ1) is 12.7. The van der Waals surface area contributed by atoms with Crippen molar-refractivity contribution in [3.8, 4) is 5.69 Å². The van der Waals surface area contributed by atoms with Crippen LogP contribution in [-0.4, -0.2) is 14.8 Å². The highest BCUT2D eigenvalue weighted by molar-refractivity contribution is 6.29. The third-order valence-electron chi connectivity index (χ3n) is 2.87. The lowest BCUT2D eigenvalue weighted by Gasteiger charge is -2.04. The number of rotatable bonds is 4. The summed E-state index contributed by atoms with van der Waals surface area (Å²) in [6, 6.07) is 15.7. The van der Waals surface area contributed by atoms with Crippen molar-refractivity contribution in [1.82, 2.24) is 14.8 Å². The van der Waals surface area contributed by atoms with E-state index in [4.69, 9.17) is 11.6 Å². The van der Waals surface area contributed by atoms with E-state index in [2.05, 4.69) is 15.4 Å². The largest absolute Gasteiger partial charge is 0.378 e. The maximum Gasteiger partial charge on any atom is 0.129 e. The molecule has 0 spiro atoms. The van der Waals surface area contributed by atoms with E-state index in [1.165, 1.54) is 0 Å². The molecule has 4 nitrogen and oxygen atoms in total. The number of aromatic nitrogens is 3. The molecular formula is C15H13ClN4. The molecule has 0 saturated heterocycles. The molecule has 0 amide bonds. The van der Waals surface area contributed by atoms with Crippen molar-refractivity contribution in [1.29, 1.82) is 0 Å². The Morgan fingerprint density at radius 2 is 1.90 bits per heavy atom. The fourth-order valence-corrected chi connectivity index (χ4v) is 1.97. The molecule has 0 aliphatic heterocycles. The van der Waals surface area contributed by atoms with Crippen LogP contribution in [0.1, 0.15) is 5.69 Å². The van der Waals surface area contributed by atoms with Gasteiger partial charge in [0.1, 0.15) is 5.15 Å². The van der Waals surface area contributed by atoms with Crippen LogP contribution in [0.25, 0.3) is 5.69 Å². The second-order valence-corrected chi connectivity index (χ2v) is 4.70. The Kier molecular flexibility index (Phi) is 3.65. The molecule has 0 saturated carbocycles. The van der Waals surface area contributed by atoms with Crippen molar-refractivity contribution in [2.24, 2.45) is 0 Å². The topological polar surface area (TPSA) is 42.7 Å². The van der Waals surface area contributed by atoms with Crippen molar-refractivity contribution in [2.75, 3.05) is 5.32 Å². The molecule has 0 atom stereocenters. The molecule has 0 bridgehead atoms. The summed E-state index contributed by atoms with van der Waals surface area (Å²) < 4.78 is 1.86. The summed E-state index contributed by atoms with van der Waals surface area (Å²) in [6.07, 6.45) is 3.66. The molecule has 0 unspecified atom stereocenters. The van der Waals surface area contributed by atoms with E-state index >= 15 is 0 Å². The predicted octanol–water partition coefficient (Wildman–Crippen LogP) is 3.53. The molecule has 3 aromatic rings. The number of hydrogen-bond acceptors (Lipinski definition) is 3. The van der Waals surface area contributed by atoms with E-state index < -0.39 is 0 Å². The van der Waals surface area contributed by atoms with E-state index in [1.807, 2.05) is 53.3 Å². The van der Waals surface area contributed by atoms with Crippen LogP contribution in [-0.2, 0) is 6.54 Å². The minimum absolute atomic E-state index is 0.490. The zero-order chi connectivity index (χ0) is 13.8.